The van der Waals surface area contributed by atoms with Gasteiger partial charge in [-0.05, 0) is 29.8 Å². The van der Waals surface area contributed by atoms with Gasteiger partial charge in [-0.2, -0.15) is 0 Å². The summed E-state index contributed by atoms with van der Waals surface area (Å²) in [6, 6.07) is 15.3. The summed E-state index contributed by atoms with van der Waals surface area (Å²) >= 11 is 0. The van der Waals surface area contributed by atoms with Crippen molar-refractivity contribution in [1.82, 2.24) is 0 Å². The summed E-state index contributed by atoms with van der Waals surface area (Å²) < 4.78 is 16.4. The first-order valence-electron chi connectivity index (χ1n) is 6.51. The molecule has 0 atom stereocenters. The Hall–Kier alpha value is -2.20. The Morgan fingerprint density at radius 2 is 1.50 bits per heavy atom. The highest BCUT2D eigenvalue weighted by Crippen LogP contribution is 2.25. The lowest BCUT2D eigenvalue weighted by atomic mass is 10.2. The molecule has 2 aromatic rings. The molecular formula is C16H19NO3. The van der Waals surface area contributed by atoms with Crippen LogP contribution in [0.2, 0.25) is 0 Å². The van der Waals surface area contributed by atoms with Gasteiger partial charge in [-0.3, -0.25) is 0 Å². The molecule has 0 heterocycles. The first-order valence-corrected chi connectivity index (χ1v) is 6.51. The van der Waals surface area contributed by atoms with E-state index < -0.39 is 0 Å². The van der Waals surface area contributed by atoms with Crippen LogP contribution in [0.15, 0.2) is 48.5 Å². The first-order chi connectivity index (χ1) is 9.83. The predicted octanol–water partition coefficient (Wildman–Crippen LogP) is 2.61. The summed E-state index contributed by atoms with van der Waals surface area (Å²) in [6.07, 6.45) is 0. The number of nitrogens with two attached hydrogens (primary N) is 1. The zero-order valence-electron chi connectivity index (χ0n) is 11.5. The standard InChI is InChI=1S/C16H19NO3/c1-18-15-4-2-3-5-16(15)20-11-10-19-14-8-6-13(12-17)7-9-14/h2-9H,10-12,17H2,1H3. The second kappa shape index (κ2) is 7.40. The van der Waals surface area contributed by atoms with Gasteiger partial charge in [0.25, 0.3) is 0 Å². The van der Waals surface area contributed by atoms with Crippen molar-refractivity contribution in [3.63, 3.8) is 0 Å². The minimum Gasteiger partial charge on any atom is -0.493 e. The topological polar surface area (TPSA) is 53.7 Å². The fourth-order valence-electron chi connectivity index (χ4n) is 1.77. The molecule has 0 fully saturated rings. The van der Waals surface area contributed by atoms with Crippen LogP contribution in [0, 0.1) is 0 Å². The van der Waals surface area contributed by atoms with Gasteiger partial charge in [0, 0.05) is 6.54 Å². The van der Waals surface area contributed by atoms with E-state index in [1.54, 1.807) is 7.11 Å². The number of methoxy groups -OCH3 is 1. The van der Waals surface area contributed by atoms with Crippen LogP contribution in [0.3, 0.4) is 0 Å². The van der Waals surface area contributed by atoms with Crippen molar-refractivity contribution in [1.29, 1.82) is 0 Å². The molecule has 0 bridgehead atoms. The van der Waals surface area contributed by atoms with E-state index in [1.807, 2.05) is 48.5 Å². The van der Waals surface area contributed by atoms with Gasteiger partial charge < -0.3 is 19.9 Å². The maximum Gasteiger partial charge on any atom is 0.161 e. The molecule has 0 amide bonds. The second-order valence-electron chi connectivity index (χ2n) is 4.20. The van der Waals surface area contributed by atoms with Crippen LogP contribution in [0.25, 0.3) is 0 Å². The molecule has 4 nitrogen and oxygen atoms in total. The lowest BCUT2D eigenvalue weighted by molar-refractivity contribution is 0.211. The van der Waals surface area contributed by atoms with Crippen LogP contribution in [-0.2, 0) is 6.54 Å². The molecule has 20 heavy (non-hydrogen) atoms. The lowest BCUT2D eigenvalue weighted by Crippen LogP contribution is -2.09. The second-order valence-corrected chi connectivity index (χ2v) is 4.20. The third-order valence-corrected chi connectivity index (χ3v) is 2.84. The highest BCUT2D eigenvalue weighted by Gasteiger charge is 2.02. The van der Waals surface area contributed by atoms with Gasteiger partial charge in [-0.1, -0.05) is 24.3 Å². The monoisotopic (exact) mass is 273 g/mol. The van der Waals surface area contributed by atoms with E-state index in [1.165, 1.54) is 0 Å². The summed E-state index contributed by atoms with van der Waals surface area (Å²) in [5.41, 5.74) is 6.63. The lowest BCUT2D eigenvalue weighted by Gasteiger charge is -2.11. The molecule has 0 radical (unpaired) electrons. The Morgan fingerprint density at radius 1 is 0.850 bits per heavy atom. The molecule has 106 valence electrons. The maximum absolute atomic E-state index is 5.62. The zero-order chi connectivity index (χ0) is 14.2. The quantitative estimate of drug-likeness (QED) is 0.788. The Morgan fingerprint density at radius 3 is 2.15 bits per heavy atom. The van der Waals surface area contributed by atoms with Gasteiger partial charge in [0.1, 0.15) is 19.0 Å². The summed E-state index contributed by atoms with van der Waals surface area (Å²) in [7, 11) is 1.62. The number of para-hydroxylation sites is 2. The molecule has 2 aromatic carbocycles. The van der Waals surface area contributed by atoms with Crippen molar-refractivity contribution in [2.24, 2.45) is 5.73 Å². The first kappa shape index (κ1) is 14.2. The van der Waals surface area contributed by atoms with E-state index in [0.29, 0.717) is 19.8 Å². The summed E-state index contributed by atoms with van der Waals surface area (Å²) in [4.78, 5) is 0. The summed E-state index contributed by atoms with van der Waals surface area (Å²) in [5, 5.41) is 0. The molecule has 0 spiro atoms. The van der Waals surface area contributed by atoms with Crippen LogP contribution in [0.4, 0.5) is 0 Å². The van der Waals surface area contributed by atoms with Gasteiger partial charge in [0.05, 0.1) is 7.11 Å². The van der Waals surface area contributed by atoms with Crippen molar-refractivity contribution in [3.8, 4) is 17.2 Å². The van der Waals surface area contributed by atoms with E-state index in [4.69, 9.17) is 19.9 Å². The number of ether oxygens (including phenoxy) is 3. The minimum absolute atomic E-state index is 0.457. The zero-order valence-corrected chi connectivity index (χ0v) is 11.5. The van der Waals surface area contributed by atoms with Gasteiger partial charge in [0.15, 0.2) is 11.5 Å². The fourth-order valence-corrected chi connectivity index (χ4v) is 1.77. The van der Waals surface area contributed by atoms with Crippen molar-refractivity contribution >= 4 is 0 Å². The summed E-state index contributed by atoms with van der Waals surface area (Å²) in [6.45, 7) is 1.47. The van der Waals surface area contributed by atoms with Gasteiger partial charge >= 0.3 is 0 Å². The Kier molecular flexibility index (Phi) is 5.26. The van der Waals surface area contributed by atoms with E-state index in [-0.39, 0.29) is 0 Å². The van der Waals surface area contributed by atoms with Gasteiger partial charge in [-0.25, -0.2) is 0 Å². The molecule has 0 aromatic heterocycles. The summed E-state index contributed by atoms with van der Waals surface area (Å²) in [5.74, 6) is 2.25. The number of benzene rings is 2. The number of hydrogen-bond acceptors (Lipinski definition) is 4. The van der Waals surface area contributed by atoms with E-state index in [9.17, 15) is 0 Å². The Labute approximate surface area is 119 Å². The van der Waals surface area contributed by atoms with Gasteiger partial charge in [0.2, 0.25) is 0 Å². The van der Waals surface area contributed by atoms with Crippen molar-refractivity contribution in [3.05, 3.63) is 54.1 Å². The fraction of sp³-hybridized carbons (Fsp3) is 0.250. The molecule has 0 saturated carbocycles. The van der Waals surface area contributed by atoms with Crippen molar-refractivity contribution in [2.75, 3.05) is 20.3 Å². The maximum atomic E-state index is 5.62. The highest BCUT2D eigenvalue weighted by atomic mass is 16.5. The minimum atomic E-state index is 0.457. The SMILES string of the molecule is COc1ccccc1OCCOc1ccc(CN)cc1. The van der Waals surface area contributed by atoms with Crippen LogP contribution < -0.4 is 19.9 Å². The molecular weight excluding hydrogens is 254 g/mol. The number of hydrogen-bond donors (Lipinski definition) is 1. The molecule has 4 heteroatoms. The van der Waals surface area contributed by atoms with Crippen molar-refractivity contribution in [2.45, 2.75) is 6.54 Å². The normalized spacial score (nSPS) is 10.1. The Balaban J connectivity index is 1.78. The van der Waals surface area contributed by atoms with E-state index >= 15 is 0 Å². The predicted molar refractivity (Wildman–Crippen MR) is 78.3 cm³/mol. The van der Waals surface area contributed by atoms with Gasteiger partial charge in [-0.15, -0.1) is 0 Å². The molecule has 0 aliphatic rings. The van der Waals surface area contributed by atoms with Crippen LogP contribution in [0.1, 0.15) is 5.56 Å². The van der Waals surface area contributed by atoms with E-state index in [2.05, 4.69) is 0 Å². The van der Waals surface area contributed by atoms with Crippen LogP contribution >= 0.6 is 0 Å². The average molecular weight is 273 g/mol. The average Bonchev–Trinajstić information content (AvgIpc) is 2.52. The largest absolute Gasteiger partial charge is 0.493 e. The molecule has 0 aliphatic heterocycles. The third-order valence-electron chi connectivity index (χ3n) is 2.84. The highest BCUT2D eigenvalue weighted by molar-refractivity contribution is 5.39. The number of rotatable bonds is 7. The molecule has 0 aliphatic carbocycles. The van der Waals surface area contributed by atoms with Crippen molar-refractivity contribution < 1.29 is 14.2 Å². The molecule has 0 unspecified atom stereocenters. The van der Waals surface area contributed by atoms with E-state index in [0.717, 1.165) is 22.8 Å². The van der Waals surface area contributed by atoms with Crippen LogP contribution in [0.5, 0.6) is 17.2 Å². The molecule has 2 N–H and O–H groups in total. The third kappa shape index (κ3) is 3.90. The Bertz CT molecular complexity index is 526. The van der Waals surface area contributed by atoms with Crippen LogP contribution in [-0.4, -0.2) is 20.3 Å². The molecule has 2 rings (SSSR count). The molecule has 0 saturated heterocycles. The smallest absolute Gasteiger partial charge is 0.161 e.